The first-order valence-electron chi connectivity index (χ1n) is 12.6. The molecule has 8 atom stereocenters. The topological polar surface area (TPSA) is 83.5 Å². The van der Waals surface area contributed by atoms with E-state index in [1.165, 1.54) is 7.11 Å². The van der Waals surface area contributed by atoms with Crippen molar-refractivity contribution in [2.24, 2.45) is 17.8 Å². The fraction of sp³-hybridized carbons (Fsp3) is 0.483. The molecule has 7 nitrogen and oxygen atoms in total. The average molecular weight is 495 g/mol. The Labute approximate surface area is 212 Å². The molecule has 1 aliphatic heterocycles. The van der Waals surface area contributed by atoms with Gasteiger partial charge >= 0.3 is 5.97 Å². The maximum atomic E-state index is 13.1. The molecular formula is C29H34O7. The number of carbonyl (C=O) groups excluding carboxylic acids is 1. The summed E-state index contributed by atoms with van der Waals surface area (Å²) >= 11 is 0. The van der Waals surface area contributed by atoms with E-state index in [1.54, 1.807) is 0 Å². The number of aliphatic hydroxyl groups is 1. The molecule has 2 aliphatic carbocycles. The zero-order valence-electron chi connectivity index (χ0n) is 20.5. The van der Waals surface area contributed by atoms with Crippen LogP contribution in [0.1, 0.15) is 24.0 Å². The number of methoxy groups -OCH3 is 1. The molecule has 3 aliphatic rings. The van der Waals surface area contributed by atoms with Gasteiger partial charge in [-0.1, -0.05) is 72.8 Å². The molecule has 5 rings (SSSR count). The van der Waals surface area contributed by atoms with Crippen molar-refractivity contribution >= 4 is 5.97 Å². The summed E-state index contributed by atoms with van der Waals surface area (Å²) in [4.78, 5) is 13.1. The van der Waals surface area contributed by atoms with Crippen LogP contribution in [0.4, 0.5) is 0 Å². The Morgan fingerprint density at radius 2 is 1.64 bits per heavy atom. The largest absolute Gasteiger partial charge is 0.454 e. The summed E-state index contributed by atoms with van der Waals surface area (Å²) in [5.41, 5.74) is 2.00. The van der Waals surface area contributed by atoms with Crippen LogP contribution < -0.4 is 0 Å². The van der Waals surface area contributed by atoms with Crippen molar-refractivity contribution < 1.29 is 33.6 Å². The quantitative estimate of drug-likeness (QED) is 0.399. The highest BCUT2D eigenvalue weighted by Crippen LogP contribution is 2.44. The average Bonchev–Trinajstić information content (AvgIpc) is 3.55. The molecule has 2 aromatic rings. The molecule has 1 N–H and O–H groups in total. The van der Waals surface area contributed by atoms with Gasteiger partial charge in [0.15, 0.2) is 12.4 Å². The minimum atomic E-state index is -1.14. The smallest absolute Gasteiger partial charge is 0.310 e. The lowest BCUT2D eigenvalue weighted by Crippen LogP contribution is -2.61. The van der Waals surface area contributed by atoms with Crippen molar-refractivity contribution in [3.63, 3.8) is 0 Å². The monoisotopic (exact) mass is 494 g/mol. The zero-order valence-corrected chi connectivity index (χ0v) is 20.5. The molecule has 1 saturated carbocycles. The summed E-state index contributed by atoms with van der Waals surface area (Å²) in [5.74, 6) is 0.128. The number of aliphatic hydroxyl groups excluding tert-OH is 1. The van der Waals surface area contributed by atoms with Crippen LogP contribution in [0.5, 0.6) is 0 Å². The van der Waals surface area contributed by atoms with Gasteiger partial charge < -0.3 is 28.8 Å². The Hall–Kier alpha value is -2.55. The van der Waals surface area contributed by atoms with Crippen LogP contribution in [-0.4, -0.2) is 55.5 Å². The van der Waals surface area contributed by atoms with Crippen molar-refractivity contribution in [1.82, 2.24) is 0 Å². The van der Waals surface area contributed by atoms with Gasteiger partial charge in [-0.05, 0) is 35.8 Å². The van der Waals surface area contributed by atoms with Crippen molar-refractivity contribution in [3.05, 3.63) is 83.9 Å². The first-order valence-corrected chi connectivity index (χ1v) is 12.6. The fourth-order valence-electron chi connectivity index (χ4n) is 5.46. The summed E-state index contributed by atoms with van der Waals surface area (Å²) in [7, 11) is 1.48. The third kappa shape index (κ3) is 5.71. The maximum absolute atomic E-state index is 13.1. The van der Waals surface area contributed by atoms with Gasteiger partial charge in [0.2, 0.25) is 0 Å². The summed E-state index contributed by atoms with van der Waals surface area (Å²) in [5, 5.41) is 11.4. The zero-order chi connectivity index (χ0) is 24.9. The molecule has 192 valence electrons. The summed E-state index contributed by atoms with van der Waals surface area (Å²) < 4.78 is 29.6. The number of carbonyl (C=O) groups is 1. The number of rotatable bonds is 10. The van der Waals surface area contributed by atoms with Gasteiger partial charge in [-0.15, -0.1) is 0 Å². The molecule has 2 fully saturated rings. The van der Waals surface area contributed by atoms with Crippen LogP contribution in [0.3, 0.4) is 0 Å². The molecule has 1 heterocycles. The Bertz CT molecular complexity index is 1010. The van der Waals surface area contributed by atoms with Gasteiger partial charge in [-0.25, -0.2) is 0 Å². The molecule has 2 bridgehead atoms. The van der Waals surface area contributed by atoms with Crippen LogP contribution in [0.15, 0.2) is 72.8 Å². The van der Waals surface area contributed by atoms with E-state index in [2.05, 4.69) is 12.2 Å². The Kier molecular flexibility index (Phi) is 8.14. The van der Waals surface area contributed by atoms with E-state index in [9.17, 15) is 9.90 Å². The maximum Gasteiger partial charge on any atom is 0.310 e. The van der Waals surface area contributed by atoms with Gasteiger partial charge in [-0.3, -0.25) is 4.79 Å². The van der Waals surface area contributed by atoms with Crippen molar-refractivity contribution in [2.45, 2.75) is 56.8 Å². The Balaban J connectivity index is 1.27. The lowest BCUT2D eigenvalue weighted by molar-refractivity contribution is -0.308. The van der Waals surface area contributed by atoms with Crippen LogP contribution in [0.25, 0.3) is 0 Å². The Morgan fingerprint density at radius 3 is 2.25 bits per heavy atom. The molecule has 36 heavy (non-hydrogen) atoms. The standard InChI is InChI=1S/C29H34O7/c1-32-29-27(36-28(31)23-15-21-12-13-22(23)14-21)25(30)26(34-17-20-10-6-3-7-11-20)24(35-29)18-33-16-19-8-4-2-5-9-19/h2-13,21-27,29-30H,14-18H2,1H3/t21-,22+,23-,24-,25+,26-,27-,29+/m1/s1. The lowest BCUT2D eigenvalue weighted by atomic mass is 9.93. The first-order chi connectivity index (χ1) is 17.6. The number of hydrogen-bond donors (Lipinski definition) is 1. The third-order valence-electron chi connectivity index (χ3n) is 7.36. The SMILES string of the molecule is CO[C@H]1O[C@H](COCc2ccccc2)[C@@H](OCc2ccccc2)[C@H](O)[C@H]1OC(=O)[C@@H]1C[C@@H]2C=C[C@H]1C2. The number of esters is 1. The molecule has 0 spiro atoms. The Morgan fingerprint density at radius 1 is 0.944 bits per heavy atom. The van der Waals surface area contributed by atoms with E-state index in [0.717, 1.165) is 24.0 Å². The second-order valence-electron chi connectivity index (χ2n) is 9.82. The van der Waals surface area contributed by atoms with Gasteiger partial charge in [0, 0.05) is 7.11 Å². The van der Waals surface area contributed by atoms with E-state index in [-0.39, 0.29) is 31.0 Å². The summed E-state index contributed by atoms with van der Waals surface area (Å²) in [6.45, 7) is 0.857. The minimum absolute atomic E-state index is 0.184. The molecular weight excluding hydrogens is 460 g/mol. The van der Waals surface area contributed by atoms with Crippen molar-refractivity contribution in [2.75, 3.05) is 13.7 Å². The minimum Gasteiger partial charge on any atom is -0.454 e. The normalized spacial score (nSPS) is 33.1. The van der Waals surface area contributed by atoms with E-state index >= 15 is 0 Å². The summed E-state index contributed by atoms with van der Waals surface area (Å²) in [6.07, 6.45) is 1.59. The molecule has 0 amide bonds. The number of benzene rings is 2. The molecule has 0 radical (unpaired) electrons. The van der Waals surface area contributed by atoms with Crippen LogP contribution in [0.2, 0.25) is 0 Å². The molecule has 0 unspecified atom stereocenters. The van der Waals surface area contributed by atoms with Gasteiger partial charge in [0.05, 0.1) is 25.7 Å². The van der Waals surface area contributed by atoms with E-state index in [0.29, 0.717) is 12.5 Å². The molecule has 7 heteroatoms. The highest BCUT2D eigenvalue weighted by atomic mass is 16.7. The highest BCUT2D eigenvalue weighted by Gasteiger charge is 2.50. The third-order valence-corrected chi connectivity index (χ3v) is 7.36. The van der Waals surface area contributed by atoms with E-state index in [4.69, 9.17) is 23.7 Å². The second-order valence-corrected chi connectivity index (χ2v) is 9.82. The lowest BCUT2D eigenvalue weighted by Gasteiger charge is -2.43. The first kappa shape index (κ1) is 25.1. The summed E-state index contributed by atoms with van der Waals surface area (Å²) in [6, 6.07) is 19.5. The fourth-order valence-corrected chi connectivity index (χ4v) is 5.46. The van der Waals surface area contributed by atoms with Crippen LogP contribution in [0, 0.1) is 17.8 Å². The predicted octanol–water partition coefficient (Wildman–Crippen LogP) is 3.64. The number of allylic oxidation sites excluding steroid dienone is 2. The molecule has 1 saturated heterocycles. The van der Waals surface area contributed by atoms with Crippen molar-refractivity contribution in [3.8, 4) is 0 Å². The van der Waals surface area contributed by atoms with Gasteiger partial charge in [0.25, 0.3) is 0 Å². The number of ether oxygens (including phenoxy) is 5. The number of hydrogen-bond acceptors (Lipinski definition) is 7. The van der Waals surface area contributed by atoms with Crippen LogP contribution >= 0.6 is 0 Å². The second kappa shape index (κ2) is 11.7. The predicted molar refractivity (Wildman–Crippen MR) is 132 cm³/mol. The van der Waals surface area contributed by atoms with Crippen molar-refractivity contribution in [1.29, 1.82) is 0 Å². The van der Waals surface area contributed by atoms with Crippen LogP contribution in [-0.2, 0) is 41.7 Å². The van der Waals surface area contributed by atoms with E-state index < -0.39 is 30.7 Å². The molecule has 2 aromatic carbocycles. The molecule has 0 aromatic heterocycles. The highest BCUT2D eigenvalue weighted by molar-refractivity contribution is 5.74. The number of fused-ring (bicyclic) bond motifs is 2. The van der Waals surface area contributed by atoms with Gasteiger partial charge in [0.1, 0.15) is 18.3 Å². The van der Waals surface area contributed by atoms with E-state index in [1.807, 2.05) is 60.7 Å². The van der Waals surface area contributed by atoms with Gasteiger partial charge in [-0.2, -0.15) is 0 Å².